The van der Waals surface area contributed by atoms with Crippen molar-refractivity contribution in [3.8, 4) is 5.75 Å². The van der Waals surface area contributed by atoms with Gasteiger partial charge in [-0.2, -0.15) is 0 Å². The van der Waals surface area contributed by atoms with Crippen molar-refractivity contribution in [3.63, 3.8) is 0 Å². The minimum atomic E-state index is -0.326. The van der Waals surface area contributed by atoms with Gasteiger partial charge in [-0.1, -0.05) is 29.3 Å². The van der Waals surface area contributed by atoms with Crippen LogP contribution in [0.2, 0.25) is 10.0 Å². The molecule has 0 saturated heterocycles. The largest absolute Gasteiger partial charge is 0.482 e. The summed E-state index contributed by atoms with van der Waals surface area (Å²) in [4.78, 5) is 27.3. The molecule has 0 aliphatic carbocycles. The SMILES string of the molecule is O=C(COc1ccc(Cl)cc1Cl)NCCNC(=O)c1ccccn1. The number of carbonyl (C=O) groups excluding carboxylic acids is 2. The lowest BCUT2D eigenvalue weighted by Crippen LogP contribution is -2.37. The lowest BCUT2D eigenvalue weighted by atomic mass is 10.3. The molecular weight excluding hydrogens is 353 g/mol. The number of pyridine rings is 1. The van der Waals surface area contributed by atoms with Crippen LogP contribution in [0.15, 0.2) is 42.6 Å². The van der Waals surface area contributed by atoms with Crippen molar-refractivity contribution < 1.29 is 14.3 Å². The molecule has 2 rings (SSSR count). The zero-order valence-electron chi connectivity index (χ0n) is 12.6. The fourth-order valence-electron chi connectivity index (χ4n) is 1.75. The minimum Gasteiger partial charge on any atom is -0.482 e. The summed E-state index contributed by atoms with van der Waals surface area (Å²) in [6, 6.07) is 9.80. The summed E-state index contributed by atoms with van der Waals surface area (Å²) in [7, 11) is 0. The maximum absolute atomic E-state index is 11.7. The second-order valence-electron chi connectivity index (χ2n) is 4.68. The Morgan fingerprint density at radius 3 is 2.58 bits per heavy atom. The maximum atomic E-state index is 11.7. The van der Waals surface area contributed by atoms with E-state index in [4.69, 9.17) is 27.9 Å². The van der Waals surface area contributed by atoms with Crippen LogP contribution in [-0.2, 0) is 4.79 Å². The first-order chi connectivity index (χ1) is 11.6. The molecule has 2 amide bonds. The lowest BCUT2D eigenvalue weighted by molar-refractivity contribution is -0.123. The van der Waals surface area contributed by atoms with Gasteiger partial charge in [0.2, 0.25) is 0 Å². The van der Waals surface area contributed by atoms with Crippen molar-refractivity contribution >= 4 is 35.0 Å². The molecule has 8 heteroatoms. The predicted molar refractivity (Wildman–Crippen MR) is 91.5 cm³/mol. The molecule has 0 fully saturated rings. The fourth-order valence-corrected chi connectivity index (χ4v) is 2.22. The normalized spacial score (nSPS) is 10.1. The number of amides is 2. The molecule has 1 heterocycles. The molecule has 6 nitrogen and oxygen atoms in total. The van der Waals surface area contributed by atoms with Gasteiger partial charge in [0.25, 0.3) is 11.8 Å². The number of hydrogen-bond acceptors (Lipinski definition) is 4. The molecular formula is C16H15Cl2N3O3. The first-order valence-electron chi connectivity index (χ1n) is 7.10. The van der Waals surface area contributed by atoms with E-state index in [2.05, 4.69) is 15.6 Å². The van der Waals surface area contributed by atoms with Crippen molar-refractivity contribution in [3.05, 3.63) is 58.3 Å². The summed E-state index contributed by atoms with van der Waals surface area (Å²) in [6.07, 6.45) is 1.54. The smallest absolute Gasteiger partial charge is 0.269 e. The molecule has 0 radical (unpaired) electrons. The van der Waals surface area contributed by atoms with Crippen molar-refractivity contribution in [2.45, 2.75) is 0 Å². The molecule has 0 aliphatic rings. The molecule has 126 valence electrons. The number of ether oxygens (including phenoxy) is 1. The molecule has 1 aromatic heterocycles. The van der Waals surface area contributed by atoms with E-state index < -0.39 is 0 Å². The first kappa shape index (κ1) is 18.0. The van der Waals surface area contributed by atoms with Gasteiger partial charge in [-0.15, -0.1) is 0 Å². The van der Waals surface area contributed by atoms with Crippen molar-refractivity contribution in [1.29, 1.82) is 0 Å². The molecule has 2 aromatic rings. The van der Waals surface area contributed by atoms with E-state index in [9.17, 15) is 9.59 Å². The zero-order chi connectivity index (χ0) is 17.4. The van der Waals surface area contributed by atoms with Crippen LogP contribution in [0.5, 0.6) is 5.75 Å². The van der Waals surface area contributed by atoms with Gasteiger partial charge < -0.3 is 15.4 Å². The Morgan fingerprint density at radius 2 is 1.88 bits per heavy atom. The van der Waals surface area contributed by atoms with Crippen molar-refractivity contribution in [1.82, 2.24) is 15.6 Å². The van der Waals surface area contributed by atoms with Crippen LogP contribution in [0.3, 0.4) is 0 Å². The number of carbonyl (C=O) groups is 2. The molecule has 0 spiro atoms. The number of nitrogens with one attached hydrogen (secondary N) is 2. The van der Waals surface area contributed by atoms with Gasteiger partial charge in [-0.3, -0.25) is 14.6 Å². The molecule has 0 unspecified atom stereocenters. The number of rotatable bonds is 7. The second kappa shape index (κ2) is 9.10. The van der Waals surface area contributed by atoms with E-state index >= 15 is 0 Å². The Morgan fingerprint density at radius 1 is 1.08 bits per heavy atom. The predicted octanol–water partition coefficient (Wildman–Crippen LogP) is 2.31. The number of nitrogens with zero attached hydrogens (tertiary/aromatic N) is 1. The van der Waals surface area contributed by atoms with Crippen LogP contribution in [0.1, 0.15) is 10.5 Å². The van der Waals surface area contributed by atoms with Crippen molar-refractivity contribution in [2.24, 2.45) is 0 Å². The fraction of sp³-hybridized carbons (Fsp3) is 0.188. The third-order valence-corrected chi connectivity index (χ3v) is 3.41. The Labute approximate surface area is 149 Å². The molecule has 0 saturated carbocycles. The van der Waals surface area contributed by atoms with Crippen LogP contribution >= 0.6 is 23.2 Å². The van der Waals surface area contributed by atoms with E-state index in [1.54, 1.807) is 30.3 Å². The Balaban J connectivity index is 1.65. The summed E-state index contributed by atoms with van der Waals surface area (Å²) in [6.45, 7) is 0.369. The van der Waals surface area contributed by atoms with Gasteiger partial charge in [0, 0.05) is 24.3 Å². The Kier molecular flexibility index (Phi) is 6.84. The molecule has 0 atom stereocenters. The topological polar surface area (TPSA) is 80.3 Å². The average molecular weight is 368 g/mol. The van der Waals surface area contributed by atoms with E-state index in [1.807, 2.05) is 0 Å². The second-order valence-corrected chi connectivity index (χ2v) is 5.53. The van der Waals surface area contributed by atoms with Crippen molar-refractivity contribution in [2.75, 3.05) is 19.7 Å². The summed E-state index contributed by atoms with van der Waals surface area (Å²) in [5.41, 5.74) is 0.324. The van der Waals surface area contributed by atoms with Crippen LogP contribution in [-0.4, -0.2) is 36.5 Å². The summed E-state index contributed by atoms with van der Waals surface area (Å²) in [5, 5.41) is 6.09. The highest BCUT2D eigenvalue weighted by Gasteiger charge is 2.07. The molecule has 0 bridgehead atoms. The highest BCUT2D eigenvalue weighted by Crippen LogP contribution is 2.27. The number of hydrogen-bond donors (Lipinski definition) is 2. The average Bonchev–Trinajstić information content (AvgIpc) is 2.58. The van der Waals surface area contributed by atoms with Gasteiger partial charge in [0.05, 0.1) is 5.02 Å². The van der Waals surface area contributed by atoms with Crippen LogP contribution in [0.25, 0.3) is 0 Å². The zero-order valence-corrected chi connectivity index (χ0v) is 14.1. The third-order valence-electron chi connectivity index (χ3n) is 2.88. The quantitative estimate of drug-likeness (QED) is 0.735. The third kappa shape index (κ3) is 5.72. The van der Waals surface area contributed by atoms with Gasteiger partial charge in [-0.05, 0) is 30.3 Å². The van der Waals surface area contributed by atoms with Crippen LogP contribution in [0, 0.1) is 0 Å². The highest BCUT2D eigenvalue weighted by atomic mass is 35.5. The first-order valence-corrected chi connectivity index (χ1v) is 7.85. The number of benzene rings is 1. The molecule has 0 aliphatic heterocycles. The van der Waals surface area contributed by atoms with Gasteiger partial charge in [0.1, 0.15) is 11.4 Å². The molecule has 1 aromatic carbocycles. The minimum absolute atomic E-state index is 0.185. The van der Waals surface area contributed by atoms with E-state index in [0.717, 1.165) is 0 Å². The summed E-state index contributed by atoms with van der Waals surface area (Å²) >= 11 is 11.7. The van der Waals surface area contributed by atoms with Crippen LogP contribution < -0.4 is 15.4 Å². The summed E-state index contributed by atoms with van der Waals surface area (Å²) < 4.78 is 5.30. The molecule has 2 N–H and O–H groups in total. The standard InChI is InChI=1S/C16H15Cl2N3O3/c17-11-4-5-14(12(18)9-11)24-10-15(22)20-7-8-21-16(23)13-3-1-2-6-19-13/h1-6,9H,7-8,10H2,(H,20,22)(H,21,23). The van der Waals surface area contributed by atoms with Gasteiger partial charge >= 0.3 is 0 Å². The van der Waals surface area contributed by atoms with E-state index in [0.29, 0.717) is 21.5 Å². The Hall–Kier alpha value is -2.31. The highest BCUT2D eigenvalue weighted by molar-refractivity contribution is 6.35. The van der Waals surface area contributed by atoms with E-state index in [1.165, 1.54) is 12.3 Å². The Bertz CT molecular complexity index is 711. The van der Waals surface area contributed by atoms with Gasteiger partial charge in [-0.25, -0.2) is 0 Å². The lowest BCUT2D eigenvalue weighted by Gasteiger charge is -2.09. The van der Waals surface area contributed by atoms with Crippen LogP contribution in [0.4, 0.5) is 0 Å². The maximum Gasteiger partial charge on any atom is 0.269 e. The number of aromatic nitrogens is 1. The van der Waals surface area contributed by atoms with E-state index in [-0.39, 0.29) is 31.5 Å². The van der Waals surface area contributed by atoms with Gasteiger partial charge in [0.15, 0.2) is 6.61 Å². The molecule has 24 heavy (non-hydrogen) atoms. The summed E-state index contributed by atoms with van der Waals surface area (Å²) in [5.74, 6) is -0.248. The monoisotopic (exact) mass is 367 g/mol. The number of halogens is 2.